The molecule has 0 aliphatic carbocycles. The average Bonchev–Trinajstić information content (AvgIpc) is 3.35. The van der Waals surface area contributed by atoms with Gasteiger partial charge in [-0.15, -0.1) is 0 Å². The minimum absolute atomic E-state index is 0.0912. The molecule has 0 fully saturated rings. The number of rotatable bonds is 2. The Morgan fingerprint density at radius 2 is 1.21 bits per heavy atom. The van der Waals surface area contributed by atoms with E-state index in [1.807, 2.05) is 24.3 Å². The van der Waals surface area contributed by atoms with Crippen molar-refractivity contribution in [3.05, 3.63) is 35.0 Å². The van der Waals surface area contributed by atoms with Gasteiger partial charge >= 0.3 is 0 Å². The molecule has 0 amide bonds. The zero-order valence-corrected chi connectivity index (χ0v) is 18.2. The van der Waals surface area contributed by atoms with Gasteiger partial charge in [0.25, 0.3) is 0 Å². The van der Waals surface area contributed by atoms with Crippen molar-refractivity contribution >= 4 is 34.7 Å². The molecule has 2 atom stereocenters. The summed E-state index contributed by atoms with van der Waals surface area (Å²) in [5, 5.41) is 4.25. The third-order valence-electron chi connectivity index (χ3n) is 5.66. The van der Waals surface area contributed by atoms with E-state index in [2.05, 4.69) is 58.7 Å². The topological polar surface area (TPSA) is 59.0 Å². The van der Waals surface area contributed by atoms with Crippen molar-refractivity contribution in [3.8, 4) is 0 Å². The molecule has 2 aliphatic rings. The van der Waals surface area contributed by atoms with Crippen molar-refractivity contribution in [1.82, 2.24) is 4.98 Å². The molecule has 1 aromatic carbocycles. The van der Waals surface area contributed by atoms with Crippen LogP contribution in [0.4, 0.5) is 0 Å². The van der Waals surface area contributed by atoms with Crippen molar-refractivity contribution in [1.29, 1.82) is 0 Å². The molecule has 3 heterocycles. The van der Waals surface area contributed by atoms with Gasteiger partial charge in [-0.25, -0.2) is 9.98 Å². The van der Waals surface area contributed by atoms with Crippen LogP contribution in [-0.2, 0) is 9.47 Å². The Hall–Kier alpha value is -2.56. The number of hydrogen-bond acceptors (Lipinski definition) is 4. The van der Waals surface area contributed by atoms with Crippen LogP contribution < -0.4 is 10.7 Å². The third kappa shape index (κ3) is 4.09. The van der Waals surface area contributed by atoms with Crippen LogP contribution in [0.1, 0.15) is 41.5 Å². The largest absolute Gasteiger partial charge is 0.476 e. The Morgan fingerprint density at radius 1 is 0.793 bits per heavy atom. The summed E-state index contributed by atoms with van der Waals surface area (Å²) in [4.78, 5) is 13.1. The Morgan fingerprint density at radius 3 is 1.55 bits per heavy atom. The normalized spacial score (nSPS) is 23.9. The molecule has 0 unspecified atom stereocenters. The van der Waals surface area contributed by atoms with E-state index in [1.54, 1.807) is 0 Å². The second-order valence-corrected chi connectivity index (χ2v) is 10.1. The highest BCUT2D eigenvalue weighted by Crippen LogP contribution is 2.27. The number of fused-ring (bicyclic) bond motifs is 1. The quantitative estimate of drug-likeness (QED) is 0.850. The molecule has 0 saturated carbocycles. The van der Waals surface area contributed by atoms with Gasteiger partial charge in [0.1, 0.15) is 13.2 Å². The Balaban J connectivity index is 1.76. The third-order valence-corrected chi connectivity index (χ3v) is 5.66. The molecule has 1 N–H and O–H groups in total. The fourth-order valence-electron chi connectivity index (χ4n) is 3.54. The van der Waals surface area contributed by atoms with Gasteiger partial charge in [-0.2, -0.15) is 0 Å². The van der Waals surface area contributed by atoms with Crippen LogP contribution in [0, 0.1) is 10.8 Å². The summed E-state index contributed by atoms with van der Waals surface area (Å²) >= 11 is 0. The first-order chi connectivity index (χ1) is 13.6. The number of nitrogens with one attached hydrogen (secondary N) is 1. The number of ether oxygens (including phenoxy) is 2. The molecular weight excluding hydrogens is 362 g/mol. The highest BCUT2D eigenvalue weighted by atomic mass is 16.5. The van der Waals surface area contributed by atoms with Gasteiger partial charge in [-0.05, 0) is 10.8 Å². The Kier molecular flexibility index (Phi) is 4.80. The maximum absolute atomic E-state index is 5.85. The summed E-state index contributed by atoms with van der Waals surface area (Å²) in [6.07, 6.45) is 4.00. The maximum Gasteiger partial charge on any atom is 0.211 e. The summed E-state index contributed by atoms with van der Waals surface area (Å²) < 4.78 is 11.7. The molecule has 29 heavy (non-hydrogen) atoms. The van der Waals surface area contributed by atoms with Crippen molar-refractivity contribution < 1.29 is 9.47 Å². The average molecular weight is 394 g/mol. The first kappa shape index (κ1) is 19.7. The van der Waals surface area contributed by atoms with E-state index in [1.165, 1.54) is 0 Å². The predicted octanol–water partition coefficient (Wildman–Crippen LogP) is 3.42. The standard InChI is InChI=1S/C24H31N3O2/c1-23(2,3)19-13-28-21(26-19)11-17-15-9-7-8-10-16(15)18(25-17)12-22-27-20(14-29-22)24(4,5)6/h7-12,19-20,25H,13-14H2,1-6H3/b17-11-,18-12-/t19-,20-/m1/s1. The van der Waals surface area contributed by atoms with E-state index in [4.69, 9.17) is 19.5 Å². The molecule has 0 spiro atoms. The first-order valence-corrected chi connectivity index (χ1v) is 10.3. The SMILES string of the molecule is CC(C)(C)[C@H]1COC(/C=c2\[nH]/c(=C\C3=N[C@@H](C(C)(C)C)CO3)c3ccccc23)=N1. The van der Waals surface area contributed by atoms with Crippen LogP contribution in [0.3, 0.4) is 0 Å². The van der Waals surface area contributed by atoms with Gasteiger partial charge in [0, 0.05) is 22.9 Å². The van der Waals surface area contributed by atoms with Crippen molar-refractivity contribution in [2.75, 3.05) is 13.2 Å². The van der Waals surface area contributed by atoms with Gasteiger partial charge in [0.2, 0.25) is 11.8 Å². The molecule has 2 aliphatic heterocycles. The molecule has 5 nitrogen and oxygen atoms in total. The lowest BCUT2D eigenvalue weighted by molar-refractivity contribution is 0.237. The van der Waals surface area contributed by atoms with Gasteiger partial charge in [0.15, 0.2) is 0 Å². The van der Waals surface area contributed by atoms with Gasteiger partial charge in [0.05, 0.1) is 22.8 Å². The molecule has 0 saturated heterocycles. The van der Waals surface area contributed by atoms with Crippen molar-refractivity contribution in [2.45, 2.75) is 53.6 Å². The van der Waals surface area contributed by atoms with Gasteiger partial charge in [-0.3, -0.25) is 0 Å². The molecular formula is C24H31N3O2. The Labute approximate surface area is 172 Å². The number of H-pyrrole nitrogens is 1. The minimum Gasteiger partial charge on any atom is -0.476 e. The van der Waals surface area contributed by atoms with E-state index >= 15 is 0 Å². The van der Waals surface area contributed by atoms with E-state index in [0.29, 0.717) is 25.0 Å². The smallest absolute Gasteiger partial charge is 0.211 e. The van der Waals surface area contributed by atoms with E-state index in [9.17, 15) is 0 Å². The molecule has 4 rings (SSSR count). The number of hydrogen-bond donors (Lipinski definition) is 1. The first-order valence-electron chi connectivity index (χ1n) is 10.3. The van der Waals surface area contributed by atoms with Crippen LogP contribution in [0.15, 0.2) is 34.3 Å². The molecule has 2 aromatic rings. The highest BCUT2D eigenvalue weighted by Gasteiger charge is 2.30. The summed E-state index contributed by atoms with van der Waals surface area (Å²) in [6.45, 7) is 14.4. The Bertz CT molecular complexity index is 1010. The van der Waals surface area contributed by atoms with E-state index in [0.717, 1.165) is 21.5 Å². The van der Waals surface area contributed by atoms with Crippen molar-refractivity contribution in [3.63, 3.8) is 0 Å². The van der Waals surface area contributed by atoms with Crippen LogP contribution in [0.5, 0.6) is 0 Å². The number of aromatic nitrogens is 1. The summed E-state index contributed by atoms with van der Waals surface area (Å²) in [6, 6.07) is 8.67. The summed E-state index contributed by atoms with van der Waals surface area (Å²) in [5.41, 5.74) is 0.182. The number of aliphatic imine (C=N–C) groups is 2. The number of aromatic amines is 1. The fraction of sp³-hybridized carbons (Fsp3) is 0.500. The number of nitrogens with zero attached hydrogens (tertiary/aromatic N) is 2. The lowest BCUT2D eigenvalue weighted by Crippen LogP contribution is -2.25. The molecule has 154 valence electrons. The molecule has 1 aromatic heterocycles. The molecule has 5 heteroatoms. The van der Waals surface area contributed by atoms with Crippen LogP contribution in [0.25, 0.3) is 22.9 Å². The highest BCUT2D eigenvalue weighted by molar-refractivity contribution is 6.09. The minimum atomic E-state index is 0.0912. The maximum atomic E-state index is 5.85. The van der Waals surface area contributed by atoms with Crippen LogP contribution >= 0.6 is 0 Å². The lowest BCUT2D eigenvalue weighted by atomic mass is 9.88. The van der Waals surface area contributed by atoms with Crippen LogP contribution in [0.2, 0.25) is 0 Å². The summed E-state index contributed by atoms with van der Waals surface area (Å²) in [7, 11) is 0. The fourth-order valence-corrected chi connectivity index (χ4v) is 3.54. The zero-order chi connectivity index (χ0) is 20.8. The predicted molar refractivity (Wildman–Crippen MR) is 120 cm³/mol. The molecule has 0 radical (unpaired) electrons. The van der Waals surface area contributed by atoms with E-state index < -0.39 is 0 Å². The number of benzene rings is 1. The van der Waals surface area contributed by atoms with E-state index in [-0.39, 0.29) is 22.9 Å². The van der Waals surface area contributed by atoms with Crippen LogP contribution in [-0.4, -0.2) is 42.1 Å². The second-order valence-electron chi connectivity index (χ2n) is 10.1. The summed E-state index contributed by atoms with van der Waals surface area (Å²) in [5.74, 6) is 1.37. The van der Waals surface area contributed by atoms with Gasteiger partial charge in [-0.1, -0.05) is 65.8 Å². The monoisotopic (exact) mass is 393 g/mol. The second kappa shape index (κ2) is 7.05. The van der Waals surface area contributed by atoms with Gasteiger partial charge < -0.3 is 14.5 Å². The molecule has 0 bridgehead atoms. The lowest BCUT2D eigenvalue weighted by Gasteiger charge is -2.21. The zero-order valence-electron chi connectivity index (χ0n) is 18.2. The van der Waals surface area contributed by atoms with Crippen molar-refractivity contribution in [2.24, 2.45) is 20.8 Å².